The second kappa shape index (κ2) is 7.03. The minimum Gasteiger partial charge on any atom is -0.493 e. The van der Waals surface area contributed by atoms with E-state index in [1.54, 1.807) is 24.5 Å². The first kappa shape index (κ1) is 15.2. The van der Waals surface area contributed by atoms with Gasteiger partial charge in [0.2, 0.25) is 0 Å². The lowest BCUT2D eigenvalue weighted by atomic mass is 10.2. The molecule has 1 heterocycles. The largest absolute Gasteiger partial charge is 0.493 e. The number of alkyl halides is 2. The number of halogens is 2. The smallest absolute Gasteiger partial charge is 0.387 e. The summed E-state index contributed by atoms with van der Waals surface area (Å²) in [5.74, 6) is 1.11. The molecule has 0 aliphatic carbocycles. The van der Waals surface area contributed by atoms with Crippen LogP contribution in [0.25, 0.3) is 0 Å². The van der Waals surface area contributed by atoms with E-state index in [9.17, 15) is 8.78 Å². The zero-order chi connectivity index (χ0) is 15.2. The molecule has 114 valence electrons. The van der Waals surface area contributed by atoms with Crippen LogP contribution in [0, 0.1) is 0 Å². The minimum absolute atomic E-state index is 0.0153. The standard InChI is InChI=1S/C14H17F2N3O2/c1-9(13-17-5-6-18-13)19-8-10-3-4-11(20-2)12(7-10)21-14(15)16/h3-7,9,14,19H,8H2,1-2H3,(H,17,18). The van der Waals surface area contributed by atoms with E-state index < -0.39 is 6.61 Å². The number of hydrogen-bond acceptors (Lipinski definition) is 4. The van der Waals surface area contributed by atoms with Crippen LogP contribution >= 0.6 is 0 Å². The lowest BCUT2D eigenvalue weighted by Crippen LogP contribution is -2.19. The highest BCUT2D eigenvalue weighted by Crippen LogP contribution is 2.29. The number of aromatic nitrogens is 2. The second-order valence-corrected chi connectivity index (χ2v) is 4.44. The molecule has 1 aromatic carbocycles. The number of nitrogens with one attached hydrogen (secondary N) is 2. The predicted molar refractivity (Wildman–Crippen MR) is 73.5 cm³/mol. The molecular weight excluding hydrogens is 280 g/mol. The molecule has 0 amide bonds. The number of nitrogens with zero attached hydrogens (tertiary/aromatic N) is 1. The maximum atomic E-state index is 12.4. The number of rotatable bonds is 7. The highest BCUT2D eigenvalue weighted by molar-refractivity contribution is 5.43. The van der Waals surface area contributed by atoms with Gasteiger partial charge in [-0.2, -0.15) is 8.78 Å². The normalized spacial score (nSPS) is 12.4. The summed E-state index contributed by atoms with van der Waals surface area (Å²) in [6.07, 6.45) is 3.42. The Kier molecular flexibility index (Phi) is 5.10. The zero-order valence-electron chi connectivity index (χ0n) is 11.8. The summed E-state index contributed by atoms with van der Waals surface area (Å²) < 4.78 is 34.2. The monoisotopic (exact) mass is 297 g/mol. The molecule has 0 saturated heterocycles. The van der Waals surface area contributed by atoms with E-state index in [1.165, 1.54) is 13.2 Å². The first-order valence-electron chi connectivity index (χ1n) is 6.44. The van der Waals surface area contributed by atoms with E-state index in [1.807, 2.05) is 6.92 Å². The number of imidazole rings is 1. The number of hydrogen-bond donors (Lipinski definition) is 2. The van der Waals surface area contributed by atoms with E-state index in [2.05, 4.69) is 20.0 Å². The molecule has 1 aromatic heterocycles. The number of H-pyrrole nitrogens is 1. The average Bonchev–Trinajstić information content (AvgIpc) is 2.98. The Hall–Kier alpha value is -2.15. The van der Waals surface area contributed by atoms with Crippen molar-refractivity contribution in [1.29, 1.82) is 0 Å². The van der Waals surface area contributed by atoms with Gasteiger partial charge < -0.3 is 19.8 Å². The first-order chi connectivity index (χ1) is 10.1. The molecule has 0 aliphatic rings. The van der Waals surface area contributed by atoms with Crippen LogP contribution in [0.1, 0.15) is 24.4 Å². The van der Waals surface area contributed by atoms with Gasteiger partial charge in [-0.05, 0) is 24.6 Å². The fourth-order valence-electron chi connectivity index (χ4n) is 1.90. The molecule has 7 heteroatoms. The molecule has 2 N–H and O–H groups in total. The third-order valence-corrected chi connectivity index (χ3v) is 2.99. The molecule has 1 atom stereocenters. The maximum absolute atomic E-state index is 12.4. The molecule has 0 radical (unpaired) electrons. The molecule has 0 bridgehead atoms. The van der Waals surface area contributed by atoms with Gasteiger partial charge in [0.25, 0.3) is 0 Å². The fraction of sp³-hybridized carbons (Fsp3) is 0.357. The molecular formula is C14H17F2N3O2. The number of ether oxygens (including phenoxy) is 2. The van der Waals surface area contributed by atoms with Gasteiger partial charge in [0.15, 0.2) is 11.5 Å². The van der Waals surface area contributed by atoms with Crippen molar-refractivity contribution in [3.05, 3.63) is 42.0 Å². The van der Waals surface area contributed by atoms with E-state index in [4.69, 9.17) is 4.74 Å². The summed E-state index contributed by atoms with van der Waals surface area (Å²) in [4.78, 5) is 7.16. The van der Waals surface area contributed by atoms with Crippen molar-refractivity contribution in [2.75, 3.05) is 7.11 Å². The molecule has 0 spiro atoms. The molecule has 5 nitrogen and oxygen atoms in total. The lowest BCUT2D eigenvalue weighted by Gasteiger charge is -2.14. The highest BCUT2D eigenvalue weighted by Gasteiger charge is 2.12. The number of benzene rings is 1. The van der Waals surface area contributed by atoms with Crippen LogP contribution < -0.4 is 14.8 Å². The maximum Gasteiger partial charge on any atom is 0.387 e. The second-order valence-electron chi connectivity index (χ2n) is 4.44. The Morgan fingerprint density at radius 3 is 2.76 bits per heavy atom. The number of methoxy groups -OCH3 is 1. The molecule has 1 unspecified atom stereocenters. The van der Waals surface area contributed by atoms with Crippen LogP contribution in [-0.2, 0) is 6.54 Å². The van der Waals surface area contributed by atoms with Crippen LogP contribution in [-0.4, -0.2) is 23.7 Å². The third kappa shape index (κ3) is 4.16. The summed E-state index contributed by atoms with van der Waals surface area (Å²) >= 11 is 0. The van der Waals surface area contributed by atoms with E-state index in [0.29, 0.717) is 6.54 Å². The summed E-state index contributed by atoms with van der Waals surface area (Å²) in [6.45, 7) is -0.436. The Morgan fingerprint density at radius 1 is 1.33 bits per heavy atom. The summed E-state index contributed by atoms with van der Waals surface area (Å²) in [5, 5.41) is 3.24. The predicted octanol–water partition coefficient (Wildman–Crippen LogP) is 2.87. The van der Waals surface area contributed by atoms with Crippen molar-refractivity contribution in [3.8, 4) is 11.5 Å². The topological polar surface area (TPSA) is 59.2 Å². The van der Waals surface area contributed by atoms with Crippen LogP contribution in [0.5, 0.6) is 11.5 Å². The molecule has 21 heavy (non-hydrogen) atoms. The Bertz CT molecular complexity index is 561. The van der Waals surface area contributed by atoms with Crippen molar-refractivity contribution >= 4 is 0 Å². The van der Waals surface area contributed by atoms with Gasteiger partial charge in [-0.1, -0.05) is 6.07 Å². The Morgan fingerprint density at radius 2 is 2.14 bits per heavy atom. The van der Waals surface area contributed by atoms with E-state index in [-0.39, 0.29) is 17.5 Å². The SMILES string of the molecule is COc1ccc(CNC(C)c2ncc[nH]2)cc1OC(F)F. The minimum atomic E-state index is -2.89. The van der Waals surface area contributed by atoms with Crippen molar-refractivity contribution in [1.82, 2.24) is 15.3 Å². The molecule has 0 aliphatic heterocycles. The van der Waals surface area contributed by atoms with Gasteiger partial charge in [0.05, 0.1) is 13.2 Å². The van der Waals surface area contributed by atoms with Crippen molar-refractivity contribution in [2.45, 2.75) is 26.1 Å². The van der Waals surface area contributed by atoms with Crippen molar-refractivity contribution in [2.24, 2.45) is 0 Å². The van der Waals surface area contributed by atoms with Crippen molar-refractivity contribution < 1.29 is 18.3 Å². The van der Waals surface area contributed by atoms with E-state index >= 15 is 0 Å². The Balaban J connectivity index is 2.03. The highest BCUT2D eigenvalue weighted by atomic mass is 19.3. The van der Waals surface area contributed by atoms with Gasteiger partial charge >= 0.3 is 6.61 Å². The summed E-state index contributed by atoms with van der Waals surface area (Å²) in [6, 6.07) is 4.94. The molecule has 0 saturated carbocycles. The van der Waals surface area contributed by atoms with Crippen LogP contribution in [0.3, 0.4) is 0 Å². The summed E-state index contributed by atoms with van der Waals surface area (Å²) in [5.41, 5.74) is 0.810. The van der Waals surface area contributed by atoms with Crippen LogP contribution in [0.4, 0.5) is 8.78 Å². The van der Waals surface area contributed by atoms with Crippen molar-refractivity contribution in [3.63, 3.8) is 0 Å². The van der Waals surface area contributed by atoms with Gasteiger partial charge in [-0.3, -0.25) is 0 Å². The van der Waals surface area contributed by atoms with Gasteiger partial charge in [-0.25, -0.2) is 4.98 Å². The third-order valence-electron chi connectivity index (χ3n) is 2.99. The average molecular weight is 297 g/mol. The number of aromatic amines is 1. The quantitative estimate of drug-likeness (QED) is 0.825. The van der Waals surface area contributed by atoms with Crippen LogP contribution in [0.15, 0.2) is 30.6 Å². The fourth-order valence-corrected chi connectivity index (χ4v) is 1.90. The van der Waals surface area contributed by atoms with Gasteiger partial charge in [-0.15, -0.1) is 0 Å². The van der Waals surface area contributed by atoms with Crippen LogP contribution in [0.2, 0.25) is 0 Å². The lowest BCUT2D eigenvalue weighted by molar-refractivity contribution is -0.0512. The molecule has 0 fully saturated rings. The van der Waals surface area contributed by atoms with Gasteiger partial charge in [0, 0.05) is 18.9 Å². The molecule has 2 rings (SSSR count). The van der Waals surface area contributed by atoms with E-state index in [0.717, 1.165) is 11.4 Å². The summed E-state index contributed by atoms with van der Waals surface area (Å²) in [7, 11) is 1.41. The Labute approximate surface area is 121 Å². The molecule has 2 aromatic rings. The first-order valence-corrected chi connectivity index (χ1v) is 6.44. The van der Waals surface area contributed by atoms with Gasteiger partial charge in [0.1, 0.15) is 5.82 Å². The zero-order valence-corrected chi connectivity index (χ0v) is 11.8.